The molecular weight excluding hydrogens is 338 g/mol. The summed E-state index contributed by atoms with van der Waals surface area (Å²) in [6.07, 6.45) is 6.29. The molecule has 0 radical (unpaired) electrons. The second-order valence-electron chi connectivity index (χ2n) is 6.76. The Labute approximate surface area is 154 Å². The van der Waals surface area contributed by atoms with E-state index in [4.69, 9.17) is 0 Å². The average Bonchev–Trinajstić information content (AvgIpc) is 3.33. The van der Waals surface area contributed by atoms with Gasteiger partial charge in [-0.2, -0.15) is 0 Å². The van der Waals surface area contributed by atoms with Crippen LogP contribution in [0.1, 0.15) is 42.2 Å². The fourth-order valence-corrected chi connectivity index (χ4v) is 3.23. The summed E-state index contributed by atoms with van der Waals surface area (Å²) in [5.74, 6) is 0.571. The predicted octanol–water partition coefficient (Wildman–Crippen LogP) is 2.68. The van der Waals surface area contributed by atoms with E-state index in [0.29, 0.717) is 17.7 Å². The SMILES string of the molecule is Cl.O=C(c1cn(C2CCNCC2)nn1)N(CC1CC1)c1ccccc1. The molecule has 1 aliphatic heterocycles. The van der Waals surface area contributed by atoms with E-state index in [1.165, 1.54) is 12.8 Å². The highest BCUT2D eigenvalue weighted by Gasteiger charge is 2.29. The summed E-state index contributed by atoms with van der Waals surface area (Å²) in [7, 11) is 0. The van der Waals surface area contributed by atoms with E-state index in [0.717, 1.165) is 38.2 Å². The van der Waals surface area contributed by atoms with Gasteiger partial charge in [0.1, 0.15) is 0 Å². The molecule has 0 bridgehead atoms. The van der Waals surface area contributed by atoms with Gasteiger partial charge < -0.3 is 10.2 Å². The number of nitrogens with one attached hydrogen (secondary N) is 1. The molecule has 1 N–H and O–H groups in total. The molecule has 0 spiro atoms. The van der Waals surface area contributed by atoms with Crippen LogP contribution in [0.3, 0.4) is 0 Å². The van der Waals surface area contributed by atoms with E-state index in [9.17, 15) is 4.79 Å². The number of aromatic nitrogens is 3. The number of benzene rings is 1. The highest BCUT2D eigenvalue weighted by atomic mass is 35.5. The van der Waals surface area contributed by atoms with E-state index in [2.05, 4.69) is 15.6 Å². The monoisotopic (exact) mass is 361 g/mol. The first-order valence-electron chi connectivity index (χ1n) is 8.81. The lowest BCUT2D eigenvalue weighted by Crippen LogP contribution is -2.33. The zero-order valence-corrected chi connectivity index (χ0v) is 15.0. The van der Waals surface area contributed by atoms with Crippen molar-refractivity contribution in [2.24, 2.45) is 5.92 Å². The molecule has 1 amide bonds. The van der Waals surface area contributed by atoms with Crippen LogP contribution in [0.15, 0.2) is 36.5 Å². The van der Waals surface area contributed by atoms with Crippen LogP contribution in [-0.2, 0) is 0 Å². The van der Waals surface area contributed by atoms with Crippen molar-refractivity contribution in [1.82, 2.24) is 20.3 Å². The molecule has 4 rings (SSSR count). The largest absolute Gasteiger partial charge is 0.317 e. The second kappa shape index (κ2) is 7.97. The van der Waals surface area contributed by atoms with E-state index < -0.39 is 0 Å². The van der Waals surface area contributed by atoms with Crippen molar-refractivity contribution in [3.8, 4) is 0 Å². The Bertz CT molecular complexity index is 695. The maximum absolute atomic E-state index is 13.0. The summed E-state index contributed by atoms with van der Waals surface area (Å²) in [6, 6.07) is 10.2. The molecule has 6 nitrogen and oxygen atoms in total. The molecule has 0 unspecified atom stereocenters. The van der Waals surface area contributed by atoms with Crippen molar-refractivity contribution in [3.05, 3.63) is 42.2 Å². The minimum Gasteiger partial charge on any atom is -0.317 e. The lowest BCUT2D eigenvalue weighted by molar-refractivity contribution is 0.0981. The number of halogens is 1. The fraction of sp³-hybridized carbons (Fsp3) is 0.500. The number of amides is 1. The molecule has 2 fully saturated rings. The highest BCUT2D eigenvalue weighted by Crippen LogP contribution is 2.32. The first-order chi connectivity index (χ1) is 11.8. The molecule has 2 aromatic rings. The van der Waals surface area contributed by atoms with Gasteiger partial charge in [-0.05, 0) is 56.8 Å². The molecule has 25 heavy (non-hydrogen) atoms. The molecule has 1 saturated carbocycles. The van der Waals surface area contributed by atoms with Gasteiger partial charge in [0.25, 0.3) is 5.91 Å². The van der Waals surface area contributed by atoms with Crippen molar-refractivity contribution < 1.29 is 4.79 Å². The topological polar surface area (TPSA) is 63.1 Å². The summed E-state index contributed by atoms with van der Waals surface area (Å²) in [4.78, 5) is 14.9. The Hall–Kier alpha value is -1.92. The minimum absolute atomic E-state index is 0. The van der Waals surface area contributed by atoms with Gasteiger partial charge in [0, 0.05) is 12.2 Å². The Balaban J connectivity index is 0.00000182. The maximum Gasteiger partial charge on any atom is 0.280 e. The standard InChI is InChI=1S/C18H23N5O.ClH/c24-18(17-13-23(21-20-17)16-8-10-19-11-9-16)22(12-14-6-7-14)15-4-2-1-3-5-15;/h1-5,13-14,16,19H,6-12H2;1H. The molecule has 1 aromatic heterocycles. The number of carbonyl (C=O) groups is 1. The van der Waals surface area contributed by atoms with Crippen LogP contribution in [0.4, 0.5) is 5.69 Å². The third-order valence-electron chi connectivity index (χ3n) is 4.86. The third-order valence-corrected chi connectivity index (χ3v) is 4.86. The quantitative estimate of drug-likeness (QED) is 0.889. The van der Waals surface area contributed by atoms with E-state index >= 15 is 0 Å². The van der Waals surface area contributed by atoms with Crippen LogP contribution in [0.5, 0.6) is 0 Å². The van der Waals surface area contributed by atoms with Crippen LogP contribution in [0.2, 0.25) is 0 Å². The zero-order valence-electron chi connectivity index (χ0n) is 14.2. The van der Waals surface area contributed by atoms with Gasteiger partial charge in [-0.1, -0.05) is 23.4 Å². The number of carbonyl (C=O) groups excluding carboxylic acids is 1. The molecule has 1 saturated heterocycles. The molecule has 134 valence electrons. The van der Waals surface area contributed by atoms with Crippen LogP contribution in [0, 0.1) is 5.92 Å². The number of hydrogen-bond acceptors (Lipinski definition) is 4. The third kappa shape index (κ3) is 4.19. The number of anilines is 1. The minimum atomic E-state index is -0.0479. The zero-order chi connectivity index (χ0) is 16.4. The first kappa shape index (κ1) is 17.9. The van der Waals surface area contributed by atoms with Gasteiger partial charge in [-0.15, -0.1) is 17.5 Å². The smallest absolute Gasteiger partial charge is 0.280 e. The summed E-state index contributed by atoms with van der Waals surface area (Å²) in [5, 5.41) is 11.7. The first-order valence-corrected chi connectivity index (χ1v) is 8.81. The fourth-order valence-electron chi connectivity index (χ4n) is 3.23. The summed E-state index contributed by atoms with van der Waals surface area (Å²) in [5.41, 5.74) is 1.38. The molecule has 2 aliphatic rings. The Morgan fingerprint density at radius 3 is 2.56 bits per heavy atom. The number of nitrogens with zero attached hydrogens (tertiary/aromatic N) is 4. The summed E-state index contributed by atoms with van der Waals surface area (Å²) in [6.45, 7) is 2.75. The lowest BCUT2D eigenvalue weighted by Gasteiger charge is -2.22. The maximum atomic E-state index is 13.0. The van der Waals surface area contributed by atoms with Gasteiger partial charge in [-0.3, -0.25) is 4.79 Å². The van der Waals surface area contributed by atoms with Gasteiger partial charge in [0.05, 0.1) is 12.2 Å². The van der Waals surface area contributed by atoms with Gasteiger partial charge in [0.15, 0.2) is 5.69 Å². The van der Waals surface area contributed by atoms with Crippen molar-refractivity contribution in [2.45, 2.75) is 31.7 Å². The van der Waals surface area contributed by atoms with Crippen molar-refractivity contribution >= 4 is 24.0 Å². The normalized spacial score (nSPS) is 17.8. The van der Waals surface area contributed by atoms with Crippen molar-refractivity contribution in [2.75, 3.05) is 24.5 Å². The number of para-hydroxylation sites is 1. The van der Waals surface area contributed by atoms with E-state index in [-0.39, 0.29) is 18.3 Å². The van der Waals surface area contributed by atoms with Gasteiger partial charge in [0.2, 0.25) is 0 Å². The molecule has 0 atom stereocenters. The Morgan fingerprint density at radius 2 is 1.88 bits per heavy atom. The van der Waals surface area contributed by atoms with Gasteiger partial charge in [-0.25, -0.2) is 4.68 Å². The van der Waals surface area contributed by atoms with Crippen LogP contribution < -0.4 is 10.2 Å². The van der Waals surface area contributed by atoms with Crippen LogP contribution in [-0.4, -0.2) is 40.5 Å². The molecular formula is C18H24ClN5O. The van der Waals surface area contributed by atoms with E-state index in [1.54, 1.807) is 0 Å². The summed E-state index contributed by atoms with van der Waals surface area (Å²) < 4.78 is 1.87. The lowest BCUT2D eigenvalue weighted by atomic mass is 10.1. The van der Waals surface area contributed by atoms with Gasteiger partial charge >= 0.3 is 0 Å². The Kier molecular flexibility index (Phi) is 5.71. The Morgan fingerprint density at radius 1 is 1.16 bits per heavy atom. The van der Waals surface area contributed by atoms with Crippen molar-refractivity contribution in [3.63, 3.8) is 0 Å². The molecule has 1 aliphatic carbocycles. The number of piperidine rings is 1. The number of rotatable bonds is 5. The van der Waals surface area contributed by atoms with Crippen molar-refractivity contribution in [1.29, 1.82) is 0 Å². The van der Waals surface area contributed by atoms with Crippen LogP contribution in [0.25, 0.3) is 0 Å². The van der Waals surface area contributed by atoms with E-state index in [1.807, 2.05) is 46.1 Å². The number of hydrogen-bond donors (Lipinski definition) is 1. The molecule has 7 heteroatoms. The molecule has 1 aromatic carbocycles. The molecule has 2 heterocycles. The highest BCUT2D eigenvalue weighted by molar-refractivity contribution is 6.04. The van der Waals surface area contributed by atoms with Crippen LogP contribution >= 0.6 is 12.4 Å². The predicted molar refractivity (Wildman–Crippen MR) is 99.3 cm³/mol. The average molecular weight is 362 g/mol. The second-order valence-corrected chi connectivity index (χ2v) is 6.76. The summed E-state index contributed by atoms with van der Waals surface area (Å²) >= 11 is 0.